The fraction of sp³-hybridized carbons (Fsp3) is 1.00. The first-order valence-corrected chi connectivity index (χ1v) is 8.39. The summed E-state index contributed by atoms with van der Waals surface area (Å²) >= 11 is 0. The average Bonchev–Trinajstić information content (AvgIpc) is 2.45. The predicted octanol–water partition coefficient (Wildman–Crippen LogP) is 2.55. The molecule has 19 heavy (non-hydrogen) atoms. The topological polar surface area (TPSA) is 24.5 Å². The van der Waals surface area contributed by atoms with Crippen LogP contribution in [0.2, 0.25) is 0 Å². The lowest BCUT2D eigenvalue weighted by atomic mass is 9.73. The van der Waals surface area contributed by atoms with Crippen molar-refractivity contribution in [3.63, 3.8) is 0 Å². The third-order valence-electron chi connectivity index (χ3n) is 5.71. The number of nitrogens with one attached hydrogen (secondary N) is 1. The summed E-state index contributed by atoms with van der Waals surface area (Å²) in [5.41, 5.74) is 0.286. The molecule has 3 aliphatic rings. The highest BCUT2D eigenvalue weighted by Crippen LogP contribution is 2.44. The van der Waals surface area contributed by atoms with E-state index >= 15 is 0 Å². The Balaban J connectivity index is 1.67. The van der Waals surface area contributed by atoms with E-state index in [4.69, 9.17) is 4.74 Å². The lowest BCUT2D eigenvalue weighted by Crippen LogP contribution is -2.62. The summed E-state index contributed by atoms with van der Waals surface area (Å²) in [5, 5.41) is 3.71. The van der Waals surface area contributed by atoms with Gasteiger partial charge in [0.25, 0.3) is 0 Å². The second-order valence-corrected chi connectivity index (χ2v) is 6.80. The van der Waals surface area contributed by atoms with Crippen molar-refractivity contribution in [3.8, 4) is 0 Å². The van der Waals surface area contributed by atoms with Gasteiger partial charge in [0.1, 0.15) is 0 Å². The third kappa shape index (κ3) is 2.70. The molecule has 1 spiro atoms. The molecule has 2 aliphatic heterocycles. The maximum atomic E-state index is 6.10. The van der Waals surface area contributed by atoms with Crippen molar-refractivity contribution in [2.45, 2.75) is 82.5 Å². The van der Waals surface area contributed by atoms with Crippen LogP contribution in [0, 0.1) is 0 Å². The van der Waals surface area contributed by atoms with Crippen LogP contribution in [0.3, 0.4) is 0 Å². The molecule has 2 heterocycles. The van der Waals surface area contributed by atoms with Crippen LogP contribution in [0.5, 0.6) is 0 Å². The maximum absolute atomic E-state index is 6.10. The molecule has 0 aromatic heterocycles. The van der Waals surface area contributed by atoms with Crippen LogP contribution < -0.4 is 5.32 Å². The van der Waals surface area contributed by atoms with Gasteiger partial charge in [-0.2, -0.15) is 0 Å². The van der Waals surface area contributed by atoms with E-state index in [0.29, 0.717) is 6.04 Å². The molecule has 3 nitrogen and oxygen atoms in total. The minimum atomic E-state index is 0.286. The summed E-state index contributed by atoms with van der Waals surface area (Å²) < 4.78 is 6.10. The Morgan fingerprint density at radius 1 is 1.26 bits per heavy atom. The normalized spacial score (nSPS) is 39.2. The van der Waals surface area contributed by atoms with Gasteiger partial charge < -0.3 is 10.1 Å². The predicted molar refractivity (Wildman–Crippen MR) is 78.4 cm³/mol. The van der Waals surface area contributed by atoms with Crippen LogP contribution >= 0.6 is 0 Å². The van der Waals surface area contributed by atoms with Crippen LogP contribution in [0.15, 0.2) is 0 Å². The van der Waals surface area contributed by atoms with E-state index in [9.17, 15) is 0 Å². The van der Waals surface area contributed by atoms with Gasteiger partial charge >= 0.3 is 0 Å². The molecule has 3 atom stereocenters. The Morgan fingerprint density at radius 2 is 2.11 bits per heavy atom. The Hall–Kier alpha value is -0.120. The van der Waals surface area contributed by atoms with Crippen LogP contribution in [-0.2, 0) is 4.74 Å². The van der Waals surface area contributed by atoms with Crippen molar-refractivity contribution in [3.05, 3.63) is 0 Å². The fourth-order valence-electron chi connectivity index (χ4n) is 4.19. The second-order valence-electron chi connectivity index (χ2n) is 6.80. The number of rotatable bonds is 3. The zero-order chi connectivity index (χ0) is 13.3. The summed E-state index contributed by atoms with van der Waals surface area (Å²) in [6.45, 7) is 8.06. The second kappa shape index (κ2) is 5.71. The molecule has 2 saturated heterocycles. The van der Waals surface area contributed by atoms with Gasteiger partial charge in [-0.15, -0.1) is 0 Å². The van der Waals surface area contributed by atoms with Crippen molar-refractivity contribution < 1.29 is 4.74 Å². The van der Waals surface area contributed by atoms with Crippen molar-refractivity contribution in [1.29, 1.82) is 0 Å². The van der Waals surface area contributed by atoms with Gasteiger partial charge in [-0.05, 0) is 44.9 Å². The third-order valence-corrected chi connectivity index (χ3v) is 5.71. The van der Waals surface area contributed by atoms with Gasteiger partial charge in [0.15, 0.2) is 0 Å². The van der Waals surface area contributed by atoms with E-state index in [1.54, 1.807) is 0 Å². The SMILES string of the molecule is CCC1CN(C2CCOC3(CCC3)C2)C(CC)CN1. The monoisotopic (exact) mass is 266 g/mol. The molecular formula is C16H30N2O. The van der Waals surface area contributed by atoms with Gasteiger partial charge in [0, 0.05) is 37.8 Å². The molecule has 0 bridgehead atoms. The molecule has 3 fully saturated rings. The van der Waals surface area contributed by atoms with Crippen molar-refractivity contribution >= 4 is 0 Å². The highest BCUT2D eigenvalue weighted by molar-refractivity contribution is 4.99. The van der Waals surface area contributed by atoms with Gasteiger partial charge in [-0.1, -0.05) is 13.8 Å². The van der Waals surface area contributed by atoms with Gasteiger partial charge in [-0.25, -0.2) is 0 Å². The number of ether oxygens (including phenoxy) is 1. The van der Waals surface area contributed by atoms with E-state index in [2.05, 4.69) is 24.1 Å². The molecule has 0 aromatic carbocycles. The van der Waals surface area contributed by atoms with Crippen LogP contribution in [0.1, 0.15) is 58.8 Å². The van der Waals surface area contributed by atoms with Crippen LogP contribution in [0.4, 0.5) is 0 Å². The summed E-state index contributed by atoms with van der Waals surface area (Å²) in [6.07, 6.45) is 9.06. The number of hydrogen-bond acceptors (Lipinski definition) is 3. The van der Waals surface area contributed by atoms with Crippen molar-refractivity contribution in [2.24, 2.45) is 0 Å². The minimum Gasteiger partial charge on any atom is -0.375 e. The molecule has 0 radical (unpaired) electrons. The molecule has 1 N–H and O–H groups in total. The van der Waals surface area contributed by atoms with Crippen LogP contribution in [-0.4, -0.2) is 48.3 Å². The van der Waals surface area contributed by atoms with Crippen LogP contribution in [0.25, 0.3) is 0 Å². The van der Waals surface area contributed by atoms with Gasteiger partial charge in [0.05, 0.1) is 5.60 Å². The van der Waals surface area contributed by atoms with E-state index in [1.807, 2.05) is 0 Å². The number of piperazine rings is 1. The number of nitrogens with zero attached hydrogens (tertiary/aromatic N) is 1. The molecule has 3 unspecified atom stereocenters. The first kappa shape index (κ1) is 13.8. The zero-order valence-corrected chi connectivity index (χ0v) is 12.7. The number of hydrogen-bond donors (Lipinski definition) is 1. The Morgan fingerprint density at radius 3 is 2.74 bits per heavy atom. The zero-order valence-electron chi connectivity index (χ0n) is 12.7. The van der Waals surface area contributed by atoms with E-state index < -0.39 is 0 Å². The minimum absolute atomic E-state index is 0.286. The Kier molecular flexibility index (Phi) is 4.16. The first-order chi connectivity index (χ1) is 9.26. The largest absolute Gasteiger partial charge is 0.375 e. The maximum Gasteiger partial charge on any atom is 0.0697 e. The molecule has 0 aromatic rings. The first-order valence-electron chi connectivity index (χ1n) is 8.39. The molecule has 1 aliphatic carbocycles. The molecule has 110 valence electrons. The summed E-state index contributed by atoms with van der Waals surface area (Å²) in [7, 11) is 0. The highest BCUT2D eigenvalue weighted by atomic mass is 16.5. The lowest BCUT2D eigenvalue weighted by Gasteiger charge is -2.52. The van der Waals surface area contributed by atoms with E-state index in [0.717, 1.165) is 18.7 Å². The molecule has 3 heteroatoms. The van der Waals surface area contributed by atoms with E-state index in [-0.39, 0.29) is 5.60 Å². The summed E-state index contributed by atoms with van der Waals surface area (Å²) in [5.74, 6) is 0. The standard InChI is InChI=1S/C16H30N2O/c1-3-13-12-18(14(4-2)11-17-13)15-6-9-19-16(10-15)7-5-8-16/h13-15,17H,3-12H2,1-2H3. The fourth-order valence-corrected chi connectivity index (χ4v) is 4.19. The smallest absolute Gasteiger partial charge is 0.0697 e. The Bertz CT molecular complexity index is 303. The lowest BCUT2D eigenvalue weighted by molar-refractivity contribution is -0.154. The van der Waals surface area contributed by atoms with Crippen molar-refractivity contribution in [2.75, 3.05) is 19.7 Å². The summed E-state index contributed by atoms with van der Waals surface area (Å²) in [6, 6.07) is 2.21. The highest BCUT2D eigenvalue weighted by Gasteiger charge is 2.45. The average molecular weight is 266 g/mol. The molecule has 3 rings (SSSR count). The summed E-state index contributed by atoms with van der Waals surface area (Å²) in [4.78, 5) is 2.83. The molecular weight excluding hydrogens is 236 g/mol. The van der Waals surface area contributed by atoms with E-state index in [1.165, 1.54) is 58.0 Å². The quantitative estimate of drug-likeness (QED) is 0.849. The molecule has 1 saturated carbocycles. The Labute approximate surface area is 118 Å². The van der Waals surface area contributed by atoms with Crippen molar-refractivity contribution in [1.82, 2.24) is 10.2 Å². The van der Waals surface area contributed by atoms with Gasteiger partial charge in [0.2, 0.25) is 0 Å². The molecule has 0 amide bonds. The van der Waals surface area contributed by atoms with Gasteiger partial charge in [-0.3, -0.25) is 4.90 Å².